The summed E-state index contributed by atoms with van der Waals surface area (Å²) in [4.78, 5) is 18.3. The van der Waals surface area contributed by atoms with Crippen molar-refractivity contribution >= 4 is 17.5 Å². The molecule has 2 unspecified atom stereocenters. The van der Waals surface area contributed by atoms with E-state index in [9.17, 15) is 18.0 Å². The summed E-state index contributed by atoms with van der Waals surface area (Å²) in [5.41, 5.74) is -2.01. The molecule has 146 valence electrons. The van der Waals surface area contributed by atoms with Gasteiger partial charge in [-0.25, -0.2) is 4.98 Å². The maximum absolute atomic E-state index is 13.0. The number of aromatic nitrogens is 1. The molecule has 0 bridgehead atoms. The molecule has 0 aromatic carbocycles. The standard InChI is InChI=1S/C17H23ClF3N3O2/c1-16(2,15(25)23-13-6-8-24(3)9-12(13)18)10-26-14-11(17(19,20)21)5-4-7-22-14/h4-5,7,12-13H,6,8-10H2,1-3H3,(H,23,25). The number of halogens is 4. The highest BCUT2D eigenvalue weighted by Gasteiger charge is 2.37. The van der Waals surface area contributed by atoms with Gasteiger partial charge in [-0.1, -0.05) is 0 Å². The number of hydrogen-bond acceptors (Lipinski definition) is 4. The fraction of sp³-hybridized carbons (Fsp3) is 0.647. The van der Waals surface area contributed by atoms with E-state index in [1.165, 1.54) is 12.3 Å². The van der Waals surface area contributed by atoms with Gasteiger partial charge in [-0.05, 0) is 46.0 Å². The van der Waals surface area contributed by atoms with Crippen LogP contribution < -0.4 is 10.1 Å². The lowest BCUT2D eigenvalue weighted by Crippen LogP contribution is -2.54. The third-order valence-electron chi connectivity index (χ3n) is 4.32. The van der Waals surface area contributed by atoms with Crippen LogP contribution in [0.1, 0.15) is 25.8 Å². The van der Waals surface area contributed by atoms with E-state index in [0.29, 0.717) is 13.0 Å². The van der Waals surface area contributed by atoms with Crippen molar-refractivity contribution in [3.05, 3.63) is 23.9 Å². The molecule has 26 heavy (non-hydrogen) atoms. The highest BCUT2D eigenvalue weighted by molar-refractivity contribution is 6.21. The molecule has 1 aromatic heterocycles. The van der Waals surface area contributed by atoms with Crippen molar-refractivity contribution < 1.29 is 22.7 Å². The monoisotopic (exact) mass is 393 g/mol. The van der Waals surface area contributed by atoms with Crippen molar-refractivity contribution in [3.63, 3.8) is 0 Å². The van der Waals surface area contributed by atoms with Gasteiger partial charge in [0, 0.05) is 18.8 Å². The van der Waals surface area contributed by atoms with Crippen LogP contribution in [0.3, 0.4) is 0 Å². The SMILES string of the molecule is CN1CCC(NC(=O)C(C)(C)COc2ncccc2C(F)(F)F)C(Cl)C1. The minimum atomic E-state index is -4.57. The Morgan fingerprint density at radius 1 is 1.46 bits per heavy atom. The van der Waals surface area contributed by atoms with Gasteiger partial charge < -0.3 is 15.0 Å². The number of nitrogens with one attached hydrogen (secondary N) is 1. The van der Waals surface area contributed by atoms with Crippen molar-refractivity contribution in [2.75, 3.05) is 26.7 Å². The maximum Gasteiger partial charge on any atom is 0.421 e. The zero-order chi connectivity index (χ0) is 19.5. The van der Waals surface area contributed by atoms with Crippen LogP contribution in [0.25, 0.3) is 0 Å². The fourth-order valence-corrected chi connectivity index (χ4v) is 3.04. The number of carbonyl (C=O) groups excluding carboxylic acids is 1. The fourth-order valence-electron chi connectivity index (χ4n) is 2.62. The molecule has 2 heterocycles. The number of amides is 1. The zero-order valence-corrected chi connectivity index (χ0v) is 15.7. The van der Waals surface area contributed by atoms with E-state index in [-0.39, 0.29) is 23.9 Å². The van der Waals surface area contributed by atoms with Crippen molar-refractivity contribution in [3.8, 4) is 5.88 Å². The van der Waals surface area contributed by atoms with E-state index in [4.69, 9.17) is 16.3 Å². The van der Waals surface area contributed by atoms with Crippen LogP contribution in [-0.2, 0) is 11.0 Å². The van der Waals surface area contributed by atoms with Crippen LogP contribution in [0.4, 0.5) is 13.2 Å². The third-order valence-corrected chi connectivity index (χ3v) is 4.76. The van der Waals surface area contributed by atoms with E-state index in [1.807, 2.05) is 7.05 Å². The normalized spacial score (nSPS) is 22.1. The van der Waals surface area contributed by atoms with Gasteiger partial charge in [0.05, 0.1) is 10.8 Å². The lowest BCUT2D eigenvalue weighted by atomic mass is 9.92. The number of alkyl halides is 4. The summed E-state index contributed by atoms with van der Waals surface area (Å²) < 4.78 is 44.2. The summed E-state index contributed by atoms with van der Waals surface area (Å²) in [5, 5.41) is 2.67. The molecule has 2 atom stereocenters. The van der Waals surface area contributed by atoms with E-state index >= 15 is 0 Å². The molecule has 1 amide bonds. The number of likely N-dealkylation sites (tertiary alicyclic amines) is 1. The lowest BCUT2D eigenvalue weighted by molar-refractivity contribution is -0.139. The molecule has 0 radical (unpaired) electrons. The van der Waals surface area contributed by atoms with Crippen molar-refractivity contribution in [2.45, 2.75) is 37.9 Å². The van der Waals surface area contributed by atoms with E-state index in [0.717, 1.165) is 12.6 Å². The van der Waals surface area contributed by atoms with Gasteiger partial charge in [0.2, 0.25) is 11.8 Å². The zero-order valence-electron chi connectivity index (χ0n) is 14.9. The Hall–Kier alpha value is -1.54. The summed E-state index contributed by atoms with van der Waals surface area (Å²) in [5.74, 6) is -0.849. The largest absolute Gasteiger partial charge is 0.476 e. The molecule has 2 rings (SSSR count). The number of carbonyl (C=O) groups is 1. The van der Waals surface area contributed by atoms with Gasteiger partial charge in [-0.3, -0.25) is 4.79 Å². The molecule has 9 heteroatoms. The quantitative estimate of drug-likeness (QED) is 0.781. The molecule has 1 saturated heterocycles. The Morgan fingerprint density at radius 3 is 2.77 bits per heavy atom. The highest BCUT2D eigenvalue weighted by atomic mass is 35.5. The molecule has 1 aromatic rings. The highest BCUT2D eigenvalue weighted by Crippen LogP contribution is 2.35. The van der Waals surface area contributed by atoms with Crippen LogP contribution in [0, 0.1) is 5.41 Å². The second-order valence-electron chi connectivity index (χ2n) is 7.17. The van der Waals surface area contributed by atoms with E-state index in [1.54, 1.807) is 13.8 Å². The average Bonchev–Trinajstić information content (AvgIpc) is 2.55. The Kier molecular flexibility index (Phi) is 6.39. The van der Waals surface area contributed by atoms with E-state index in [2.05, 4.69) is 15.2 Å². The number of piperidine rings is 1. The molecule has 1 N–H and O–H groups in total. The summed E-state index contributed by atoms with van der Waals surface area (Å²) in [6.07, 6.45) is -2.64. The molecule has 0 spiro atoms. The summed E-state index contributed by atoms with van der Waals surface area (Å²) >= 11 is 6.29. The topological polar surface area (TPSA) is 54.5 Å². The van der Waals surface area contributed by atoms with Gasteiger partial charge in [-0.15, -0.1) is 11.6 Å². The first-order valence-corrected chi connectivity index (χ1v) is 8.73. The molecule has 1 aliphatic heterocycles. The summed E-state index contributed by atoms with van der Waals surface area (Å²) in [7, 11) is 1.95. The minimum Gasteiger partial charge on any atom is -0.476 e. The second kappa shape index (κ2) is 8.00. The molecule has 0 aliphatic carbocycles. The molecular formula is C17H23ClF3N3O2. The van der Waals surface area contributed by atoms with Crippen LogP contribution in [0.15, 0.2) is 18.3 Å². The van der Waals surface area contributed by atoms with Crippen molar-refractivity contribution in [1.82, 2.24) is 15.2 Å². The minimum absolute atomic E-state index is 0.180. The summed E-state index contributed by atoms with van der Waals surface area (Å²) in [6.45, 7) is 4.45. The Balaban J connectivity index is 1.99. The van der Waals surface area contributed by atoms with Crippen molar-refractivity contribution in [2.24, 2.45) is 5.41 Å². The summed E-state index contributed by atoms with van der Waals surface area (Å²) in [6, 6.07) is 1.90. The Morgan fingerprint density at radius 2 is 2.15 bits per heavy atom. The van der Waals surface area contributed by atoms with Crippen LogP contribution >= 0.6 is 11.6 Å². The molecule has 1 aliphatic rings. The van der Waals surface area contributed by atoms with Crippen LogP contribution in [-0.4, -0.2) is 54.0 Å². The number of pyridine rings is 1. The van der Waals surface area contributed by atoms with Gasteiger partial charge >= 0.3 is 6.18 Å². The lowest BCUT2D eigenvalue weighted by Gasteiger charge is -2.35. The number of ether oxygens (including phenoxy) is 1. The second-order valence-corrected chi connectivity index (χ2v) is 7.73. The molecule has 5 nitrogen and oxygen atoms in total. The maximum atomic E-state index is 13.0. The smallest absolute Gasteiger partial charge is 0.421 e. The van der Waals surface area contributed by atoms with Crippen molar-refractivity contribution in [1.29, 1.82) is 0 Å². The van der Waals surface area contributed by atoms with Gasteiger partial charge in [0.15, 0.2) is 0 Å². The van der Waals surface area contributed by atoms with Gasteiger partial charge in [-0.2, -0.15) is 13.2 Å². The first kappa shape index (κ1) is 20.8. The number of nitrogens with zero attached hydrogens (tertiary/aromatic N) is 2. The molecule has 0 saturated carbocycles. The van der Waals surface area contributed by atoms with E-state index < -0.39 is 23.0 Å². The van der Waals surface area contributed by atoms with Gasteiger partial charge in [0.1, 0.15) is 12.2 Å². The number of hydrogen-bond donors (Lipinski definition) is 1. The average molecular weight is 394 g/mol. The Labute approximate surface area is 155 Å². The third kappa shape index (κ3) is 5.23. The van der Waals surface area contributed by atoms with Crippen LogP contribution in [0.2, 0.25) is 0 Å². The number of rotatable bonds is 5. The predicted octanol–water partition coefficient (Wildman–Crippen LogP) is 2.93. The molecule has 1 fully saturated rings. The predicted molar refractivity (Wildman–Crippen MR) is 92.2 cm³/mol. The first-order valence-electron chi connectivity index (χ1n) is 8.29. The molecular weight excluding hydrogens is 371 g/mol. The first-order chi connectivity index (χ1) is 12.0. The van der Waals surface area contributed by atoms with Crippen LogP contribution in [0.5, 0.6) is 5.88 Å². The Bertz CT molecular complexity index is 640. The van der Waals surface area contributed by atoms with Gasteiger partial charge in [0.25, 0.3) is 0 Å².